The van der Waals surface area contributed by atoms with Crippen molar-refractivity contribution in [1.29, 1.82) is 0 Å². The van der Waals surface area contributed by atoms with E-state index in [-0.39, 0.29) is 0 Å². The molecule has 3 N–H and O–H groups in total. The predicted molar refractivity (Wildman–Crippen MR) is 73.5 cm³/mol. The van der Waals surface area contributed by atoms with Gasteiger partial charge in [0, 0.05) is 12.6 Å². The Kier molecular flexibility index (Phi) is 8.04. The van der Waals surface area contributed by atoms with Crippen molar-refractivity contribution < 1.29 is 0 Å². The highest BCUT2D eigenvalue weighted by Crippen LogP contribution is 2.19. The summed E-state index contributed by atoms with van der Waals surface area (Å²) >= 11 is 0. The Labute approximate surface area is 102 Å². The van der Waals surface area contributed by atoms with Crippen molar-refractivity contribution in [3.63, 3.8) is 0 Å². The third kappa shape index (κ3) is 6.49. The summed E-state index contributed by atoms with van der Waals surface area (Å²) in [4.78, 5) is 0. The fourth-order valence-electron chi connectivity index (χ4n) is 2.38. The number of nitrogens with two attached hydrogens (primary N) is 1. The third-order valence-corrected chi connectivity index (χ3v) is 3.40. The van der Waals surface area contributed by atoms with Crippen LogP contribution in [0.1, 0.15) is 48.0 Å². The molecule has 1 atom stereocenters. The second-order valence-electron chi connectivity index (χ2n) is 6.12. The zero-order chi connectivity index (χ0) is 12.7. The molecule has 0 aliphatic carbocycles. The summed E-state index contributed by atoms with van der Waals surface area (Å²) in [5, 5.41) is 3.64. The summed E-state index contributed by atoms with van der Waals surface area (Å²) in [5.41, 5.74) is 5.80. The van der Waals surface area contributed by atoms with Crippen LogP contribution >= 0.6 is 0 Å². The van der Waals surface area contributed by atoms with Gasteiger partial charge in [-0.15, -0.1) is 0 Å². The maximum Gasteiger partial charge on any atom is 0.0192 e. The van der Waals surface area contributed by atoms with Crippen molar-refractivity contribution in [1.82, 2.24) is 5.32 Å². The van der Waals surface area contributed by atoms with E-state index in [2.05, 4.69) is 46.9 Å². The molecule has 0 aromatic heterocycles. The van der Waals surface area contributed by atoms with E-state index in [1.807, 2.05) is 0 Å². The maximum absolute atomic E-state index is 5.80. The van der Waals surface area contributed by atoms with Crippen molar-refractivity contribution in [2.75, 3.05) is 13.1 Å². The lowest BCUT2D eigenvalue weighted by Crippen LogP contribution is -2.41. The first-order chi connectivity index (χ1) is 7.38. The summed E-state index contributed by atoms with van der Waals surface area (Å²) < 4.78 is 0. The topological polar surface area (TPSA) is 38.0 Å². The number of rotatable bonds is 8. The molecule has 0 radical (unpaired) electrons. The van der Waals surface area contributed by atoms with Gasteiger partial charge in [-0.1, -0.05) is 41.5 Å². The van der Waals surface area contributed by atoms with Crippen molar-refractivity contribution in [3.8, 4) is 0 Å². The van der Waals surface area contributed by atoms with E-state index in [1.165, 1.54) is 6.42 Å². The SMILES string of the molecule is CC(C)CC(CN)NCC(C(C)C)C(C)C. The molecule has 0 heterocycles. The Morgan fingerprint density at radius 2 is 1.44 bits per heavy atom. The summed E-state index contributed by atoms with van der Waals surface area (Å²) in [7, 11) is 0. The van der Waals surface area contributed by atoms with E-state index in [1.54, 1.807) is 0 Å². The van der Waals surface area contributed by atoms with Gasteiger partial charge in [0.05, 0.1) is 0 Å². The molecule has 0 saturated carbocycles. The van der Waals surface area contributed by atoms with E-state index >= 15 is 0 Å². The number of hydrogen-bond donors (Lipinski definition) is 2. The lowest BCUT2D eigenvalue weighted by atomic mass is 9.85. The minimum absolute atomic E-state index is 0.486. The second kappa shape index (κ2) is 8.08. The minimum atomic E-state index is 0.486. The maximum atomic E-state index is 5.80. The van der Waals surface area contributed by atoms with Crippen LogP contribution in [0.4, 0.5) is 0 Å². The third-order valence-electron chi connectivity index (χ3n) is 3.40. The van der Waals surface area contributed by atoms with Gasteiger partial charge >= 0.3 is 0 Å². The van der Waals surface area contributed by atoms with Crippen LogP contribution in [0, 0.1) is 23.7 Å². The first kappa shape index (κ1) is 15.9. The van der Waals surface area contributed by atoms with E-state index in [0.717, 1.165) is 36.8 Å². The molecule has 0 aliphatic heterocycles. The lowest BCUT2D eigenvalue weighted by molar-refractivity contribution is 0.259. The largest absolute Gasteiger partial charge is 0.329 e. The van der Waals surface area contributed by atoms with Crippen LogP contribution in [0.2, 0.25) is 0 Å². The average Bonchev–Trinajstić information content (AvgIpc) is 2.14. The van der Waals surface area contributed by atoms with Crippen LogP contribution in [0.25, 0.3) is 0 Å². The van der Waals surface area contributed by atoms with E-state index < -0.39 is 0 Å². The lowest BCUT2D eigenvalue weighted by Gasteiger charge is -2.28. The summed E-state index contributed by atoms with van der Waals surface area (Å²) in [5.74, 6) is 2.95. The van der Waals surface area contributed by atoms with Crippen LogP contribution in [-0.4, -0.2) is 19.1 Å². The molecule has 2 heteroatoms. The van der Waals surface area contributed by atoms with Gasteiger partial charge in [-0.2, -0.15) is 0 Å². The first-order valence-electron chi connectivity index (χ1n) is 6.81. The fourth-order valence-corrected chi connectivity index (χ4v) is 2.38. The van der Waals surface area contributed by atoms with Gasteiger partial charge in [-0.25, -0.2) is 0 Å². The van der Waals surface area contributed by atoms with Crippen LogP contribution in [0.5, 0.6) is 0 Å². The van der Waals surface area contributed by atoms with Gasteiger partial charge in [-0.3, -0.25) is 0 Å². The Hall–Kier alpha value is -0.0800. The van der Waals surface area contributed by atoms with Crippen molar-refractivity contribution in [2.45, 2.75) is 54.0 Å². The highest BCUT2D eigenvalue weighted by atomic mass is 14.9. The molecule has 0 bridgehead atoms. The summed E-state index contributed by atoms with van der Waals surface area (Å²) in [6, 6.07) is 0.486. The molecular weight excluding hydrogens is 196 g/mol. The normalized spacial score (nSPS) is 14.4. The van der Waals surface area contributed by atoms with Gasteiger partial charge in [0.25, 0.3) is 0 Å². The quantitative estimate of drug-likeness (QED) is 0.670. The molecular formula is C14H32N2. The number of nitrogens with one attached hydrogen (secondary N) is 1. The predicted octanol–water partition coefficient (Wildman–Crippen LogP) is 2.88. The molecule has 98 valence electrons. The van der Waals surface area contributed by atoms with Crippen LogP contribution < -0.4 is 11.1 Å². The Balaban J connectivity index is 4.06. The van der Waals surface area contributed by atoms with Gasteiger partial charge in [0.1, 0.15) is 0 Å². The molecule has 0 amide bonds. The monoisotopic (exact) mass is 228 g/mol. The molecule has 0 spiro atoms. The highest BCUT2D eigenvalue weighted by Gasteiger charge is 2.18. The fraction of sp³-hybridized carbons (Fsp3) is 1.00. The Morgan fingerprint density at radius 3 is 1.75 bits per heavy atom. The number of hydrogen-bond acceptors (Lipinski definition) is 2. The van der Waals surface area contributed by atoms with Crippen LogP contribution in [0.3, 0.4) is 0 Å². The van der Waals surface area contributed by atoms with Crippen LogP contribution in [0.15, 0.2) is 0 Å². The van der Waals surface area contributed by atoms with Crippen molar-refractivity contribution >= 4 is 0 Å². The Bertz CT molecular complexity index is 156. The molecule has 0 aromatic carbocycles. The summed E-state index contributed by atoms with van der Waals surface area (Å²) in [6.45, 7) is 15.6. The van der Waals surface area contributed by atoms with Gasteiger partial charge in [-0.05, 0) is 36.6 Å². The zero-order valence-corrected chi connectivity index (χ0v) is 12.1. The van der Waals surface area contributed by atoms with E-state index in [0.29, 0.717) is 6.04 Å². The first-order valence-corrected chi connectivity index (χ1v) is 6.81. The van der Waals surface area contributed by atoms with Gasteiger partial charge < -0.3 is 11.1 Å². The minimum Gasteiger partial charge on any atom is -0.329 e. The highest BCUT2D eigenvalue weighted by molar-refractivity contribution is 4.75. The second-order valence-corrected chi connectivity index (χ2v) is 6.12. The molecule has 0 saturated heterocycles. The van der Waals surface area contributed by atoms with Crippen molar-refractivity contribution in [2.24, 2.45) is 29.4 Å². The molecule has 0 rings (SSSR count). The smallest absolute Gasteiger partial charge is 0.0192 e. The summed E-state index contributed by atoms with van der Waals surface area (Å²) in [6.07, 6.45) is 1.18. The molecule has 0 aliphatic rings. The Morgan fingerprint density at radius 1 is 0.938 bits per heavy atom. The van der Waals surface area contributed by atoms with Crippen molar-refractivity contribution in [3.05, 3.63) is 0 Å². The van der Waals surface area contributed by atoms with Gasteiger partial charge in [0.15, 0.2) is 0 Å². The van der Waals surface area contributed by atoms with Gasteiger partial charge in [0.2, 0.25) is 0 Å². The average molecular weight is 228 g/mol. The molecule has 0 aromatic rings. The zero-order valence-electron chi connectivity index (χ0n) is 12.1. The molecule has 16 heavy (non-hydrogen) atoms. The molecule has 2 nitrogen and oxygen atoms in total. The van der Waals surface area contributed by atoms with Crippen LogP contribution in [-0.2, 0) is 0 Å². The van der Waals surface area contributed by atoms with E-state index in [9.17, 15) is 0 Å². The van der Waals surface area contributed by atoms with E-state index in [4.69, 9.17) is 5.73 Å². The molecule has 1 unspecified atom stereocenters. The standard InChI is InChI=1S/C14H32N2/c1-10(2)7-13(8-15)16-9-14(11(3)4)12(5)6/h10-14,16H,7-9,15H2,1-6H3. The molecule has 0 fully saturated rings.